The predicted molar refractivity (Wildman–Crippen MR) is 85.9 cm³/mol. The van der Waals surface area contributed by atoms with Gasteiger partial charge in [0.25, 0.3) is 0 Å². The first-order valence-corrected chi connectivity index (χ1v) is 7.21. The van der Waals surface area contributed by atoms with Gasteiger partial charge in [0.2, 0.25) is 11.8 Å². The van der Waals surface area contributed by atoms with Crippen LogP contribution < -0.4 is 10.1 Å². The summed E-state index contributed by atoms with van der Waals surface area (Å²) in [7, 11) is 6.78. The number of rotatable bonds is 8. The van der Waals surface area contributed by atoms with Crippen LogP contribution in [0, 0.1) is 0 Å². The molecule has 0 aromatic heterocycles. The lowest BCUT2D eigenvalue weighted by atomic mass is 10.1. The van der Waals surface area contributed by atoms with Crippen molar-refractivity contribution in [2.45, 2.75) is 6.42 Å². The first-order valence-electron chi connectivity index (χ1n) is 7.21. The van der Waals surface area contributed by atoms with Crippen LogP contribution in [-0.2, 0) is 16.0 Å². The van der Waals surface area contributed by atoms with E-state index in [4.69, 9.17) is 4.74 Å². The van der Waals surface area contributed by atoms with Crippen molar-refractivity contribution in [3.05, 3.63) is 29.8 Å². The Morgan fingerprint density at radius 2 is 1.82 bits per heavy atom. The van der Waals surface area contributed by atoms with E-state index in [1.807, 2.05) is 24.3 Å². The van der Waals surface area contributed by atoms with Crippen molar-refractivity contribution in [3.63, 3.8) is 0 Å². The number of hydrogen-bond donors (Lipinski definition) is 1. The second-order valence-electron chi connectivity index (χ2n) is 5.37. The Morgan fingerprint density at radius 3 is 2.45 bits per heavy atom. The molecule has 0 heterocycles. The quantitative estimate of drug-likeness (QED) is 0.754. The summed E-state index contributed by atoms with van der Waals surface area (Å²) in [5.74, 6) is 0.707. The molecule has 0 saturated heterocycles. The van der Waals surface area contributed by atoms with Gasteiger partial charge in [0, 0.05) is 20.6 Å². The number of nitrogens with one attached hydrogen (secondary N) is 1. The summed E-state index contributed by atoms with van der Waals surface area (Å²) < 4.78 is 5.27. The molecule has 0 bridgehead atoms. The van der Waals surface area contributed by atoms with Gasteiger partial charge in [-0.05, 0) is 25.1 Å². The smallest absolute Gasteiger partial charge is 0.236 e. The molecule has 6 nitrogen and oxygen atoms in total. The van der Waals surface area contributed by atoms with Crippen molar-refractivity contribution < 1.29 is 14.3 Å². The minimum absolute atomic E-state index is 0.0238. The molecule has 0 spiro atoms. The number of benzene rings is 1. The van der Waals surface area contributed by atoms with Gasteiger partial charge in [-0.15, -0.1) is 0 Å². The van der Waals surface area contributed by atoms with E-state index in [1.165, 1.54) is 4.90 Å². The normalized spacial score (nSPS) is 10.4. The molecular weight excluding hydrogens is 282 g/mol. The van der Waals surface area contributed by atoms with Crippen LogP contribution in [0.15, 0.2) is 24.3 Å². The highest BCUT2D eigenvalue weighted by Gasteiger charge is 2.11. The molecule has 0 aliphatic rings. The fourth-order valence-corrected chi connectivity index (χ4v) is 1.98. The Hall–Kier alpha value is -2.08. The maximum absolute atomic E-state index is 11.8. The Bertz CT molecular complexity index is 503. The SMILES string of the molecule is COc1ccccc1CCNC(=O)CN(C)CC(=O)N(C)C. The molecule has 22 heavy (non-hydrogen) atoms. The highest BCUT2D eigenvalue weighted by molar-refractivity contribution is 5.80. The Kier molecular flexibility index (Phi) is 7.39. The summed E-state index contributed by atoms with van der Waals surface area (Å²) in [6.07, 6.45) is 0.704. The largest absolute Gasteiger partial charge is 0.496 e. The molecule has 0 aliphatic heterocycles. The van der Waals surface area contributed by atoms with E-state index >= 15 is 0 Å². The van der Waals surface area contributed by atoms with E-state index in [-0.39, 0.29) is 24.9 Å². The molecule has 1 aromatic rings. The number of hydrogen-bond acceptors (Lipinski definition) is 4. The summed E-state index contributed by atoms with van der Waals surface area (Å²) in [5, 5.41) is 2.85. The molecule has 0 atom stereocenters. The molecule has 2 amide bonds. The number of para-hydroxylation sites is 1. The second kappa shape index (κ2) is 9.04. The van der Waals surface area contributed by atoms with Gasteiger partial charge in [0.1, 0.15) is 5.75 Å². The number of carbonyl (C=O) groups excluding carboxylic acids is 2. The van der Waals surface area contributed by atoms with Gasteiger partial charge < -0.3 is 15.0 Å². The minimum atomic E-state index is -0.0936. The molecule has 6 heteroatoms. The zero-order chi connectivity index (χ0) is 16.5. The van der Waals surface area contributed by atoms with Gasteiger partial charge in [0.05, 0.1) is 20.2 Å². The molecule has 1 aromatic carbocycles. The third-order valence-electron chi connectivity index (χ3n) is 3.23. The number of ether oxygens (including phenoxy) is 1. The highest BCUT2D eigenvalue weighted by Crippen LogP contribution is 2.17. The lowest BCUT2D eigenvalue weighted by molar-refractivity contribution is -0.130. The summed E-state index contributed by atoms with van der Waals surface area (Å²) in [4.78, 5) is 26.6. The number of nitrogens with zero attached hydrogens (tertiary/aromatic N) is 2. The maximum Gasteiger partial charge on any atom is 0.236 e. The topological polar surface area (TPSA) is 61.9 Å². The number of amides is 2. The Morgan fingerprint density at radius 1 is 1.14 bits per heavy atom. The monoisotopic (exact) mass is 307 g/mol. The maximum atomic E-state index is 11.8. The van der Waals surface area contributed by atoms with Crippen molar-refractivity contribution in [3.8, 4) is 5.75 Å². The summed E-state index contributed by atoms with van der Waals surface area (Å²) in [6.45, 7) is 0.965. The van der Waals surface area contributed by atoms with Crippen molar-refractivity contribution in [2.24, 2.45) is 0 Å². The minimum Gasteiger partial charge on any atom is -0.496 e. The standard InChI is InChI=1S/C16H25N3O3/c1-18(2)16(21)12-19(3)11-15(20)17-10-9-13-7-5-6-8-14(13)22-4/h5-8H,9-12H2,1-4H3,(H,17,20). The van der Waals surface area contributed by atoms with E-state index in [1.54, 1.807) is 33.2 Å². The summed E-state index contributed by atoms with van der Waals surface area (Å²) in [6, 6.07) is 7.74. The van der Waals surface area contributed by atoms with E-state index in [0.29, 0.717) is 13.0 Å². The van der Waals surface area contributed by atoms with Crippen LogP contribution >= 0.6 is 0 Å². The molecule has 0 radical (unpaired) electrons. The van der Waals surface area contributed by atoms with Crippen LogP contribution in [-0.4, -0.2) is 69.5 Å². The molecule has 1 N–H and O–H groups in total. The van der Waals surface area contributed by atoms with Gasteiger partial charge in [-0.25, -0.2) is 0 Å². The first kappa shape index (κ1) is 18.0. The van der Waals surface area contributed by atoms with Crippen molar-refractivity contribution >= 4 is 11.8 Å². The number of carbonyl (C=O) groups is 2. The second-order valence-corrected chi connectivity index (χ2v) is 5.37. The van der Waals surface area contributed by atoms with Crippen LogP contribution in [0.25, 0.3) is 0 Å². The van der Waals surface area contributed by atoms with E-state index in [2.05, 4.69) is 5.32 Å². The van der Waals surface area contributed by atoms with Gasteiger partial charge in [-0.2, -0.15) is 0 Å². The summed E-state index contributed by atoms with van der Waals surface area (Å²) in [5.41, 5.74) is 1.06. The van der Waals surface area contributed by atoms with Crippen LogP contribution in [0.2, 0.25) is 0 Å². The van der Waals surface area contributed by atoms with Gasteiger partial charge >= 0.3 is 0 Å². The molecule has 0 unspecified atom stereocenters. The third-order valence-corrected chi connectivity index (χ3v) is 3.23. The zero-order valence-corrected chi connectivity index (χ0v) is 13.8. The number of methoxy groups -OCH3 is 1. The van der Waals surface area contributed by atoms with Crippen molar-refractivity contribution in [2.75, 3.05) is 47.9 Å². The molecule has 1 rings (SSSR count). The van der Waals surface area contributed by atoms with Gasteiger partial charge in [0.15, 0.2) is 0 Å². The Balaban J connectivity index is 2.33. The average molecular weight is 307 g/mol. The highest BCUT2D eigenvalue weighted by atomic mass is 16.5. The van der Waals surface area contributed by atoms with Gasteiger partial charge in [-0.1, -0.05) is 18.2 Å². The average Bonchev–Trinajstić information content (AvgIpc) is 2.47. The molecule has 0 fully saturated rings. The van der Waals surface area contributed by atoms with E-state index in [9.17, 15) is 9.59 Å². The lowest BCUT2D eigenvalue weighted by Gasteiger charge is -2.18. The van der Waals surface area contributed by atoms with E-state index < -0.39 is 0 Å². The zero-order valence-electron chi connectivity index (χ0n) is 13.8. The first-order chi connectivity index (χ1) is 10.4. The lowest BCUT2D eigenvalue weighted by Crippen LogP contribution is -2.40. The molecule has 0 saturated carbocycles. The van der Waals surface area contributed by atoms with Crippen LogP contribution in [0.1, 0.15) is 5.56 Å². The third kappa shape index (κ3) is 6.13. The van der Waals surface area contributed by atoms with Crippen molar-refractivity contribution in [1.29, 1.82) is 0 Å². The number of likely N-dealkylation sites (N-methyl/N-ethyl adjacent to an activating group) is 2. The van der Waals surface area contributed by atoms with Crippen LogP contribution in [0.4, 0.5) is 0 Å². The van der Waals surface area contributed by atoms with E-state index in [0.717, 1.165) is 11.3 Å². The Labute approximate surface area is 132 Å². The fourth-order valence-electron chi connectivity index (χ4n) is 1.98. The van der Waals surface area contributed by atoms with Crippen LogP contribution in [0.3, 0.4) is 0 Å². The summed E-state index contributed by atoms with van der Waals surface area (Å²) >= 11 is 0. The van der Waals surface area contributed by atoms with Crippen molar-refractivity contribution in [1.82, 2.24) is 15.1 Å². The van der Waals surface area contributed by atoms with Gasteiger partial charge in [-0.3, -0.25) is 14.5 Å². The molecule has 122 valence electrons. The van der Waals surface area contributed by atoms with Crippen LogP contribution in [0.5, 0.6) is 5.75 Å². The molecular formula is C16H25N3O3. The predicted octanol–water partition coefficient (Wildman–Crippen LogP) is 0.374. The fraction of sp³-hybridized carbons (Fsp3) is 0.500. The molecule has 0 aliphatic carbocycles.